The summed E-state index contributed by atoms with van der Waals surface area (Å²) in [6.07, 6.45) is 5.81. The van der Waals surface area contributed by atoms with E-state index in [4.69, 9.17) is 19.9 Å². The molecule has 2 atom stereocenters. The van der Waals surface area contributed by atoms with Crippen LogP contribution in [0.2, 0.25) is 0 Å². The lowest BCUT2D eigenvalue weighted by molar-refractivity contribution is 0.0974. The Morgan fingerprint density at radius 2 is 2.10 bits per heavy atom. The molecule has 2 saturated heterocycles. The van der Waals surface area contributed by atoms with Crippen LogP contribution in [-0.4, -0.2) is 61.1 Å². The second-order valence-corrected chi connectivity index (χ2v) is 9.66. The third-order valence-electron chi connectivity index (χ3n) is 6.83. The molecule has 2 aromatic rings. The normalized spacial score (nSPS) is 24.6. The maximum atomic E-state index is 9.97. The average molecular weight is 442 g/mol. The number of piperidine rings is 1. The van der Waals surface area contributed by atoms with Crippen molar-refractivity contribution in [3.05, 3.63) is 30.1 Å². The molecular formula is C21H27BN4O4S. The lowest BCUT2D eigenvalue weighted by Gasteiger charge is -2.41. The van der Waals surface area contributed by atoms with E-state index in [0.717, 1.165) is 53.8 Å². The first-order valence-corrected chi connectivity index (χ1v) is 11.4. The fraction of sp³-hybridized carbons (Fsp3) is 0.524. The highest BCUT2D eigenvalue weighted by Crippen LogP contribution is 2.41. The fourth-order valence-electron chi connectivity index (χ4n) is 4.84. The van der Waals surface area contributed by atoms with Gasteiger partial charge in [-0.1, -0.05) is 11.8 Å². The van der Waals surface area contributed by atoms with Gasteiger partial charge in [0.1, 0.15) is 16.6 Å². The molecule has 8 nitrogen and oxygen atoms in total. The molecule has 5 rings (SSSR count). The molecule has 31 heavy (non-hydrogen) atoms. The molecule has 1 spiro atoms. The van der Waals surface area contributed by atoms with Crippen LogP contribution in [0.15, 0.2) is 34.4 Å². The molecule has 164 valence electrons. The molecular weight excluding hydrogens is 415 g/mol. The summed E-state index contributed by atoms with van der Waals surface area (Å²) in [6, 6.07) is 4.01. The number of methoxy groups -OCH3 is 1. The summed E-state index contributed by atoms with van der Waals surface area (Å²) in [5, 5.41) is 10.8. The molecule has 3 N–H and O–H groups in total. The first-order valence-electron chi connectivity index (χ1n) is 10.6. The molecule has 1 aromatic heterocycles. The number of benzene rings is 1. The van der Waals surface area contributed by atoms with Gasteiger partial charge in [-0.05, 0) is 37.5 Å². The van der Waals surface area contributed by atoms with Crippen molar-refractivity contribution >= 4 is 30.2 Å². The van der Waals surface area contributed by atoms with Crippen molar-refractivity contribution in [1.82, 2.24) is 9.97 Å². The molecule has 3 aliphatic rings. The SMILES string of the molecule is COc1cc(Sc2cnc(N3CCC4(CC3)CO[C@@H](C)[C@H]4N)cn2)cc2c1B(O)OC2. The Bertz CT molecular complexity index is 955. The largest absolute Gasteiger partial charge is 0.497 e. The summed E-state index contributed by atoms with van der Waals surface area (Å²) in [6.45, 7) is 5.02. The van der Waals surface area contributed by atoms with Gasteiger partial charge in [-0.25, -0.2) is 9.97 Å². The summed E-state index contributed by atoms with van der Waals surface area (Å²) in [7, 11) is 0.665. The van der Waals surface area contributed by atoms with Crippen molar-refractivity contribution in [2.24, 2.45) is 11.1 Å². The Kier molecular flexibility index (Phi) is 5.60. The number of hydrogen-bond acceptors (Lipinski definition) is 9. The van der Waals surface area contributed by atoms with Crippen molar-refractivity contribution in [2.45, 2.75) is 48.4 Å². The van der Waals surface area contributed by atoms with Crippen LogP contribution in [0.4, 0.5) is 5.82 Å². The zero-order valence-corrected chi connectivity index (χ0v) is 18.6. The quantitative estimate of drug-likeness (QED) is 0.676. The molecule has 2 fully saturated rings. The molecule has 3 aliphatic heterocycles. The van der Waals surface area contributed by atoms with Crippen molar-refractivity contribution in [3.8, 4) is 5.75 Å². The Morgan fingerprint density at radius 3 is 2.74 bits per heavy atom. The van der Waals surface area contributed by atoms with E-state index in [-0.39, 0.29) is 17.6 Å². The summed E-state index contributed by atoms with van der Waals surface area (Å²) in [4.78, 5) is 12.5. The summed E-state index contributed by atoms with van der Waals surface area (Å²) < 4.78 is 16.6. The van der Waals surface area contributed by atoms with Crippen molar-refractivity contribution < 1.29 is 19.2 Å². The van der Waals surface area contributed by atoms with Crippen molar-refractivity contribution in [2.75, 3.05) is 31.7 Å². The second-order valence-electron chi connectivity index (χ2n) is 8.57. The maximum absolute atomic E-state index is 9.97. The van der Waals surface area contributed by atoms with Crippen molar-refractivity contribution in [1.29, 1.82) is 0 Å². The van der Waals surface area contributed by atoms with Crippen LogP contribution in [0.5, 0.6) is 5.75 Å². The van der Waals surface area contributed by atoms with Crippen LogP contribution in [-0.2, 0) is 16.0 Å². The number of ether oxygens (including phenoxy) is 2. The van der Waals surface area contributed by atoms with E-state index in [1.165, 1.54) is 11.8 Å². The molecule has 10 heteroatoms. The third-order valence-corrected chi connectivity index (χ3v) is 7.72. The fourth-order valence-corrected chi connectivity index (χ4v) is 5.66. The smallest absolute Gasteiger partial charge is 0.495 e. The summed E-state index contributed by atoms with van der Waals surface area (Å²) in [5.74, 6) is 1.52. The molecule has 0 unspecified atom stereocenters. The topological polar surface area (TPSA) is 103 Å². The zero-order valence-electron chi connectivity index (χ0n) is 17.8. The Balaban J connectivity index is 1.25. The Hall–Kier alpha value is -1.85. The maximum Gasteiger partial charge on any atom is 0.495 e. The van der Waals surface area contributed by atoms with Gasteiger partial charge in [0.15, 0.2) is 0 Å². The van der Waals surface area contributed by atoms with E-state index >= 15 is 0 Å². The number of hydrogen-bond donors (Lipinski definition) is 2. The van der Waals surface area contributed by atoms with Gasteiger partial charge < -0.3 is 29.8 Å². The van der Waals surface area contributed by atoms with Gasteiger partial charge >= 0.3 is 7.12 Å². The van der Waals surface area contributed by atoms with Gasteiger partial charge in [-0.2, -0.15) is 0 Å². The predicted octanol–water partition coefficient (Wildman–Crippen LogP) is 1.19. The van der Waals surface area contributed by atoms with Gasteiger partial charge in [0.25, 0.3) is 0 Å². The Morgan fingerprint density at radius 1 is 1.29 bits per heavy atom. The van der Waals surface area contributed by atoms with E-state index in [0.29, 0.717) is 17.8 Å². The van der Waals surface area contributed by atoms with Crippen molar-refractivity contribution in [3.63, 3.8) is 0 Å². The summed E-state index contributed by atoms with van der Waals surface area (Å²) in [5.41, 5.74) is 8.16. The first-order chi connectivity index (χ1) is 15.0. The van der Waals surface area contributed by atoms with Crippen LogP contribution in [0, 0.1) is 5.41 Å². The minimum Gasteiger partial charge on any atom is -0.497 e. The number of fused-ring (bicyclic) bond motifs is 1. The highest BCUT2D eigenvalue weighted by molar-refractivity contribution is 7.99. The minimum absolute atomic E-state index is 0.100. The standard InChI is InChI=1S/C21H27BN4O4S/c1-13-20(23)21(12-29-13)3-5-26(6-4-21)17-9-25-18(10-24-17)31-15-7-14-11-30-22(27)19(14)16(8-15)28-2/h7-10,13,20,27H,3-6,11-12,23H2,1-2H3/t13-,20+/m0/s1. The Labute approximate surface area is 186 Å². The molecule has 0 amide bonds. The van der Waals surface area contributed by atoms with Crippen LogP contribution in [0.3, 0.4) is 0 Å². The van der Waals surface area contributed by atoms with Crippen LogP contribution in [0.1, 0.15) is 25.3 Å². The minimum atomic E-state index is -0.930. The van der Waals surface area contributed by atoms with Gasteiger partial charge in [0.2, 0.25) is 0 Å². The molecule has 0 aliphatic carbocycles. The highest BCUT2D eigenvalue weighted by Gasteiger charge is 2.47. The molecule has 0 bridgehead atoms. The first kappa shape index (κ1) is 21.0. The highest BCUT2D eigenvalue weighted by atomic mass is 32.2. The molecule has 0 radical (unpaired) electrons. The lowest BCUT2D eigenvalue weighted by atomic mass is 9.73. The van der Waals surface area contributed by atoms with Crippen LogP contribution < -0.4 is 20.8 Å². The van der Waals surface area contributed by atoms with E-state index in [1.54, 1.807) is 7.11 Å². The third kappa shape index (κ3) is 3.80. The van der Waals surface area contributed by atoms with E-state index in [2.05, 4.69) is 21.8 Å². The van der Waals surface area contributed by atoms with E-state index in [1.807, 2.05) is 24.5 Å². The van der Waals surface area contributed by atoms with Gasteiger partial charge in [-0.3, -0.25) is 0 Å². The number of rotatable bonds is 4. The van der Waals surface area contributed by atoms with E-state index in [9.17, 15) is 5.02 Å². The van der Waals surface area contributed by atoms with Crippen LogP contribution >= 0.6 is 11.8 Å². The molecule has 0 saturated carbocycles. The lowest BCUT2D eigenvalue weighted by Crippen LogP contribution is -2.50. The number of anilines is 1. The van der Waals surface area contributed by atoms with Gasteiger partial charge in [-0.15, -0.1) is 0 Å². The second kappa shape index (κ2) is 8.25. The predicted molar refractivity (Wildman–Crippen MR) is 119 cm³/mol. The zero-order chi connectivity index (χ0) is 21.6. The van der Waals surface area contributed by atoms with E-state index < -0.39 is 7.12 Å². The number of nitrogens with two attached hydrogens (primary N) is 1. The molecule has 1 aromatic carbocycles. The van der Waals surface area contributed by atoms with Crippen LogP contribution in [0.25, 0.3) is 0 Å². The number of aromatic nitrogens is 2. The molecule has 4 heterocycles. The summed E-state index contributed by atoms with van der Waals surface area (Å²) >= 11 is 1.51. The van der Waals surface area contributed by atoms with Gasteiger partial charge in [0, 0.05) is 34.9 Å². The number of nitrogens with zero attached hydrogens (tertiary/aromatic N) is 3. The monoisotopic (exact) mass is 442 g/mol. The average Bonchev–Trinajstić information content (AvgIpc) is 3.30. The van der Waals surface area contributed by atoms with Gasteiger partial charge in [0.05, 0.1) is 38.8 Å².